The van der Waals surface area contributed by atoms with E-state index in [-0.39, 0.29) is 24.5 Å². The topological polar surface area (TPSA) is 58.6 Å². The van der Waals surface area contributed by atoms with Gasteiger partial charge in [0.1, 0.15) is 11.6 Å². The fraction of sp³-hybridized carbons (Fsp3) is 0.500. The molecule has 0 fully saturated rings. The van der Waals surface area contributed by atoms with Crippen molar-refractivity contribution in [3.63, 3.8) is 0 Å². The third kappa shape index (κ3) is 4.87. The zero-order valence-electron chi connectivity index (χ0n) is 11.4. The van der Waals surface area contributed by atoms with Crippen LogP contribution in [0.4, 0.5) is 4.39 Å². The number of carbonyl (C=O) groups excluding carboxylic acids is 1. The Bertz CT molecular complexity index is 425. The second kappa shape index (κ2) is 7.09. The predicted octanol–water partition coefficient (Wildman–Crippen LogP) is 1.73. The average Bonchev–Trinajstić information content (AvgIpc) is 2.37. The Hall–Kier alpha value is -1.62. The molecule has 1 aromatic carbocycles. The van der Waals surface area contributed by atoms with Crippen LogP contribution in [0.5, 0.6) is 5.75 Å². The zero-order chi connectivity index (χ0) is 14.4. The lowest BCUT2D eigenvalue weighted by Gasteiger charge is -2.22. The van der Waals surface area contributed by atoms with Crippen LogP contribution in [0.25, 0.3) is 0 Å². The van der Waals surface area contributed by atoms with Gasteiger partial charge in [-0.2, -0.15) is 0 Å². The van der Waals surface area contributed by atoms with E-state index in [1.165, 1.54) is 18.2 Å². The lowest BCUT2D eigenvalue weighted by molar-refractivity contribution is -0.128. The van der Waals surface area contributed by atoms with Gasteiger partial charge in [0, 0.05) is 18.7 Å². The molecule has 0 aliphatic heterocycles. The van der Waals surface area contributed by atoms with Crippen LogP contribution in [0.15, 0.2) is 24.3 Å². The van der Waals surface area contributed by atoms with Crippen LogP contribution in [-0.2, 0) is 4.79 Å². The highest BCUT2D eigenvalue weighted by atomic mass is 19.1. The SMILES string of the molecule is CC(Oc1cccc(F)c1)C(=O)NC(C)C(C)CO. The Kier molecular flexibility index (Phi) is 5.76. The van der Waals surface area contributed by atoms with E-state index in [0.29, 0.717) is 5.75 Å². The zero-order valence-corrected chi connectivity index (χ0v) is 11.4. The number of amides is 1. The standard InChI is InChI=1S/C14H20FNO3/c1-9(8-17)10(2)16-14(18)11(3)19-13-6-4-5-12(15)7-13/h4-7,9-11,17H,8H2,1-3H3,(H,16,18). The minimum Gasteiger partial charge on any atom is -0.481 e. The van der Waals surface area contributed by atoms with Crippen LogP contribution in [0.3, 0.4) is 0 Å². The van der Waals surface area contributed by atoms with Crippen molar-refractivity contribution in [3.8, 4) is 5.75 Å². The van der Waals surface area contributed by atoms with Gasteiger partial charge in [0.25, 0.3) is 5.91 Å². The van der Waals surface area contributed by atoms with Crippen LogP contribution in [-0.4, -0.2) is 29.8 Å². The number of aliphatic hydroxyl groups is 1. The number of halogens is 1. The molecule has 5 heteroatoms. The van der Waals surface area contributed by atoms with Crippen molar-refractivity contribution < 1.29 is 19.0 Å². The third-order valence-corrected chi connectivity index (χ3v) is 2.99. The Morgan fingerprint density at radius 1 is 1.42 bits per heavy atom. The van der Waals surface area contributed by atoms with Gasteiger partial charge >= 0.3 is 0 Å². The molecular formula is C14H20FNO3. The first-order valence-corrected chi connectivity index (χ1v) is 6.27. The minimum atomic E-state index is -0.727. The van der Waals surface area contributed by atoms with Gasteiger partial charge < -0.3 is 15.2 Å². The molecule has 4 nitrogen and oxygen atoms in total. The van der Waals surface area contributed by atoms with E-state index < -0.39 is 11.9 Å². The molecule has 0 saturated carbocycles. The number of rotatable bonds is 6. The second-order valence-electron chi connectivity index (χ2n) is 4.67. The largest absolute Gasteiger partial charge is 0.481 e. The smallest absolute Gasteiger partial charge is 0.260 e. The number of carbonyl (C=O) groups is 1. The maximum atomic E-state index is 13.0. The van der Waals surface area contributed by atoms with Gasteiger partial charge in [0.05, 0.1) is 0 Å². The van der Waals surface area contributed by atoms with Crippen LogP contribution in [0.2, 0.25) is 0 Å². The molecule has 0 radical (unpaired) electrons. The van der Waals surface area contributed by atoms with Gasteiger partial charge in [-0.1, -0.05) is 13.0 Å². The van der Waals surface area contributed by atoms with Crippen LogP contribution in [0.1, 0.15) is 20.8 Å². The molecule has 0 aliphatic rings. The second-order valence-corrected chi connectivity index (χ2v) is 4.67. The summed E-state index contributed by atoms with van der Waals surface area (Å²) in [7, 11) is 0. The molecule has 0 aliphatic carbocycles. The lowest BCUT2D eigenvalue weighted by atomic mass is 10.1. The molecule has 0 aromatic heterocycles. The maximum absolute atomic E-state index is 13.0. The van der Waals surface area contributed by atoms with Crippen molar-refractivity contribution in [2.24, 2.45) is 5.92 Å². The van der Waals surface area contributed by atoms with Gasteiger partial charge in [-0.25, -0.2) is 4.39 Å². The van der Waals surface area contributed by atoms with Gasteiger partial charge in [0.15, 0.2) is 6.10 Å². The molecule has 0 spiro atoms. The molecular weight excluding hydrogens is 249 g/mol. The Labute approximate surface area is 112 Å². The van der Waals surface area contributed by atoms with E-state index in [1.54, 1.807) is 13.0 Å². The van der Waals surface area contributed by atoms with E-state index in [2.05, 4.69) is 5.32 Å². The van der Waals surface area contributed by atoms with Crippen molar-refractivity contribution >= 4 is 5.91 Å². The predicted molar refractivity (Wildman–Crippen MR) is 70.3 cm³/mol. The van der Waals surface area contributed by atoms with E-state index in [4.69, 9.17) is 9.84 Å². The molecule has 1 aromatic rings. The number of ether oxygens (including phenoxy) is 1. The first kappa shape index (κ1) is 15.4. The highest BCUT2D eigenvalue weighted by Crippen LogP contribution is 2.14. The van der Waals surface area contributed by atoms with E-state index in [9.17, 15) is 9.18 Å². The quantitative estimate of drug-likeness (QED) is 0.827. The summed E-state index contributed by atoms with van der Waals surface area (Å²) in [5, 5.41) is 11.7. The van der Waals surface area contributed by atoms with Crippen LogP contribution in [0, 0.1) is 11.7 Å². The molecule has 106 valence electrons. The van der Waals surface area contributed by atoms with E-state index >= 15 is 0 Å². The van der Waals surface area contributed by atoms with Crippen LogP contribution >= 0.6 is 0 Å². The summed E-state index contributed by atoms with van der Waals surface area (Å²) in [6.07, 6.45) is -0.727. The molecule has 0 bridgehead atoms. The normalized spacial score (nSPS) is 15.4. The monoisotopic (exact) mass is 269 g/mol. The Morgan fingerprint density at radius 3 is 2.68 bits per heavy atom. The third-order valence-electron chi connectivity index (χ3n) is 2.99. The number of hydrogen-bond acceptors (Lipinski definition) is 3. The van der Waals surface area contributed by atoms with E-state index in [1.807, 2.05) is 13.8 Å². The number of hydrogen-bond donors (Lipinski definition) is 2. The summed E-state index contributed by atoms with van der Waals surface area (Å²) in [6.45, 7) is 5.24. The molecule has 0 saturated heterocycles. The Balaban J connectivity index is 2.53. The average molecular weight is 269 g/mol. The molecule has 0 heterocycles. The van der Waals surface area contributed by atoms with Crippen molar-refractivity contribution in [3.05, 3.63) is 30.1 Å². The van der Waals surface area contributed by atoms with Crippen molar-refractivity contribution in [1.82, 2.24) is 5.32 Å². The highest BCUT2D eigenvalue weighted by molar-refractivity contribution is 5.81. The summed E-state index contributed by atoms with van der Waals surface area (Å²) in [6, 6.07) is 5.49. The molecule has 2 N–H and O–H groups in total. The van der Waals surface area contributed by atoms with Crippen molar-refractivity contribution in [1.29, 1.82) is 0 Å². The summed E-state index contributed by atoms with van der Waals surface area (Å²) in [5.74, 6) is -0.430. The number of benzene rings is 1. The fourth-order valence-corrected chi connectivity index (χ4v) is 1.44. The first-order chi connectivity index (χ1) is 8.93. The maximum Gasteiger partial charge on any atom is 0.260 e. The summed E-state index contributed by atoms with van der Waals surface area (Å²) in [5.41, 5.74) is 0. The van der Waals surface area contributed by atoms with E-state index in [0.717, 1.165) is 0 Å². The van der Waals surface area contributed by atoms with Crippen molar-refractivity contribution in [2.75, 3.05) is 6.61 Å². The molecule has 1 rings (SSSR count). The minimum absolute atomic E-state index is 0.000577. The lowest BCUT2D eigenvalue weighted by Crippen LogP contribution is -2.44. The number of nitrogens with one attached hydrogen (secondary N) is 1. The molecule has 19 heavy (non-hydrogen) atoms. The van der Waals surface area contributed by atoms with Gasteiger partial charge in [-0.3, -0.25) is 4.79 Å². The van der Waals surface area contributed by atoms with Gasteiger partial charge in [-0.05, 0) is 31.9 Å². The summed E-state index contributed by atoms with van der Waals surface area (Å²) < 4.78 is 18.3. The Morgan fingerprint density at radius 2 is 2.11 bits per heavy atom. The van der Waals surface area contributed by atoms with Crippen LogP contribution < -0.4 is 10.1 Å². The molecule has 3 atom stereocenters. The van der Waals surface area contributed by atoms with Gasteiger partial charge in [-0.15, -0.1) is 0 Å². The summed E-state index contributed by atoms with van der Waals surface area (Å²) >= 11 is 0. The summed E-state index contributed by atoms with van der Waals surface area (Å²) in [4.78, 5) is 11.9. The highest BCUT2D eigenvalue weighted by Gasteiger charge is 2.19. The van der Waals surface area contributed by atoms with Crippen molar-refractivity contribution in [2.45, 2.75) is 32.9 Å². The number of aliphatic hydroxyl groups excluding tert-OH is 1. The first-order valence-electron chi connectivity index (χ1n) is 6.27. The fourth-order valence-electron chi connectivity index (χ4n) is 1.44. The molecule has 1 amide bonds. The van der Waals surface area contributed by atoms with Gasteiger partial charge in [0.2, 0.25) is 0 Å². The molecule has 3 unspecified atom stereocenters.